The molecule has 0 aliphatic carbocycles. The number of carbonyl (C=O) groups is 1. The summed E-state index contributed by atoms with van der Waals surface area (Å²) in [4.78, 5) is 15.8. The Morgan fingerprint density at radius 2 is 1.61 bits per heavy atom. The average Bonchev–Trinajstić information content (AvgIpc) is 2.70. The van der Waals surface area contributed by atoms with E-state index in [1.54, 1.807) is 0 Å². The molecule has 0 atom stereocenters. The summed E-state index contributed by atoms with van der Waals surface area (Å²) >= 11 is 0. The number of sulfonamides is 1. The third-order valence-electron chi connectivity index (χ3n) is 3.66. The molecule has 1 heterocycles. The van der Waals surface area contributed by atoms with Crippen molar-refractivity contribution in [1.82, 2.24) is 9.71 Å². The molecule has 0 radical (unpaired) electrons. The fourth-order valence-corrected chi connectivity index (χ4v) is 3.19. The van der Waals surface area contributed by atoms with E-state index in [-0.39, 0.29) is 17.1 Å². The summed E-state index contributed by atoms with van der Waals surface area (Å²) in [6, 6.07) is 13.5. The van der Waals surface area contributed by atoms with Crippen molar-refractivity contribution in [2.75, 3.05) is 0 Å². The molecule has 0 bridgehead atoms. The van der Waals surface area contributed by atoms with Gasteiger partial charge in [0.15, 0.2) is 0 Å². The van der Waals surface area contributed by atoms with Crippen LogP contribution in [0, 0.1) is 5.82 Å². The third-order valence-corrected chi connectivity index (χ3v) is 5.01. The second-order valence-electron chi connectivity index (χ2n) is 5.66. The van der Waals surface area contributed by atoms with Gasteiger partial charge in [0.2, 0.25) is 0 Å². The van der Waals surface area contributed by atoms with Gasteiger partial charge in [-0.05, 0) is 60.7 Å². The molecule has 0 aliphatic heterocycles. The van der Waals surface area contributed by atoms with Gasteiger partial charge in [-0.15, -0.1) is 0 Å². The number of rotatable bonds is 6. The summed E-state index contributed by atoms with van der Waals surface area (Å²) < 4.78 is 45.1. The molecule has 0 aliphatic rings. The van der Waals surface area contributed by atoms with E-state index in [0.29, 0.717) is 17.2 Å². The number of aromatic nitrogens is 1. The molecule has 9 heteroatoms. The topological polar surface area (TPSA) is 106 Å². The minimum Gasteiger partial charge on any atom is -0.457 e. The first-order valence-corrected chi connectivity index (χ1v) is 9.52. The van der Waals surface area contributed by atoms with Crippen LogP contribution in [-0.4, -0.2) is 24.4 Å². The van der Waals surface area contributed by atoms with Gasteiger partial charge in [0.1, 0.15) is 17.3 Å². The van der Waals surface area contributed by atoms with Crippen molar-refractivity contribution in [3.8, 4) is 11.5 Å². The molecule has 28 heavy (non-hydrogen) atoms. The molecular weight excluding hydrogens is 387 g/mol. The zero-order chi connectivity index (χ0) is 20.1. The molecule has 0 unspecified atom stereocenters. The number of aliphatic hydroxyl groups excluding tert-OH is 1. The minimum absolute atomic E-state index is 0.0389. The number of carbonyl (C=O) groups excluding carboxylic acids is 1. The normalized spacial score (nSPS) is 11.1. The van der Waals surface area contributed by atoms with Gasteiger partial charge in [-0.2, -0.15) is 0 Å². The van der Waals surface area contributed by atoms with Crippen LogP contribution >= 0.6 is 0 Å². The van der Waals surface area contributed by atoms with E-state index >= 15 is 0 Å². The highest BCUT2D eigenvalue weighted by molar-refractivity contribution is 7.90. The number of amides is 1. The van der Waals surface area contributed by atoms with Crippen molar-refractivity contribution < 1.29 is 27.4 Å². The molecule has 1 amide bonds. The molecule has 7 nitrogen and oxygen atoms in total. The zero-order valence-corrected chi connectivity index (χ0v) is 15.2. The van der Waals surface area contributed by atoms with Crippen LogP contribution in [0.25, 0.3) is 0 Å². The van der Waals surface area contributed by atoms with Crippen molar-refractivity contribution in [2.24, 2.45) is 0 Å². The largest absolute Gasteiger partial charge is 0.457 e. The number of pyridine rings is 1. The van der Waals surface area contributed by atoms with Gasteiger partial charge in [-0.3, -0.25) is 9.78 Å². The van der Waals surface area contributed by atoms with Crippen LogP contribution in [0.5, 0.6) is 11.5 Å². The van der Waals surface area contributed by atoms with E-state index in [4.69, 9.17) is 9.84 Å². The van der Waals surface area contributed by atoms with Gasteiger partial charge in [0, 0.05) is 6.20 Å². The molecule has 3 rings (SSSR count). The average molecular weight is 402 g/mol. The lowest BCUT2D eigenvalue weighted by Gasteiger charge is -2.09. The van der Waals surface area contributed by atoms with Crippen LogP contribution in [0.2, 0.25) is 0 Å². The second-order valence-corrected chi connectivity index (χ2v) is 7.34. The van der Waals surface area contributed by atoms with Gasteiger partial charge in [-0.1, -0.05) is 0 Å². The van der Waals surface area contributed by atoms with E-state index in [1.807, 2.05) is 4.72 Å². The molecule has 2 N–H and O–H groups in total. The molecule has 0 saturated carbocycles. The van der Waals surface area contributed by atoms with Crippen LogP contribution in [0.3, 0.4) is 0 Å². The Hall–Kier alpha value is -3.30. The maximum atomic E-state index is 12.9. The third kappa shape index (κ3) is 4.70. The standard InChI is InChI=1S/C19H15FN2O5S/c20-14-2-5-16(6-3-14)27-17-7-9-18(10-8-17)28(25,26)22-19(24)13-1-4-15(12-23)21-11-13/h1-11,23H,12H2,(H,22,24). The summed E-state index contributed by atoms with van der Waals surface area (Å²) in [5.74, 6) is -0.501. The zero-order valence-electron chi connectivity index (χ0n) is 14.4. The first kappa shape index (κ1) is 19.5. The van der Waals surface area contributed by atoms with Crippen LogP contribution in [0.4, 0.5) is 4.39 Å². The van der Waals surface area contributed by atoms with Gasteiger partial charge in [-0.25, -0.2) is 17.5 Å². The number of benzene rings is 2. The van der Waals surface area contributed by atoms with Crippen LogP contribution in [0.1, 0.15) is 16.1 Å². The summed E-state index contributed by atoms with van der Waals surface area (Å²) in [5, 5.41) is 8.94. The Kier molecular flexibility index (Phi) is 5.67. The number of aliphatic hydroxyl groups is 1. The van der Waals surface area contributed by atoms with Gasteiger partial charge >= 0.3 is 0 Å². The molecule has 2 aromatic carbocycles. The molecular formula is C19H15FN2O5S. The first-order valence-electron chi connectivity index (χ1n) is 8.04. The van der Waals surface area contributed by atoms with Crippen LogP contribution in [-0.2, 0) is 16.6 Å². The van der Waals surface area contributed by atoms with E-state index in [2.05, 4.69) is 4.98 Å². The monoisotopic (exact) mass is 402 g/mol. The van der Waals surface area contributed by atoms with Crippen molar-refractivity contribution >= 4 is 15.9 Å². The first-order chi connectivity index (χ1) is 13.4. The van der Waals surface area contributed by atoms with E-state index in [9.17, 15) is 17.6 Å². The lowest BCUT2D eigenvalue weighted by Crippen LogP contribution is -2.30. The Morgan fingerprint density at radius 1 is 1.00 bits per heavy atom. The highest BCUT2D eigenvalue weighted by atomic mass is 32.2. The minimum atomic E-state index is -4.10. The molecule has 144 valence electrons. The van der Waals surface area contributed by atoms with Crippen molar-refractivity contribution in [1.29, 1.82) is 0 Å². The van der Waals surface area contributed by atoms with E-state index in [0.717, 1.165) is 0 Å². The molecule has 3 aromatic rings. The SMILES string of the molecule is O=C(NS(=O)(=O)c1ccc(Oc2ccc(F)cc2)cc1)c1ccc(CO)nc1. The Balaban J connectivity index is 1.70. The van der Waals surface area contributed by atoms with Crippen molar-refractivity contribution in [2.45, 2.75) is 11.5 Å². The predicted molar refractivity (Wildman–Crippen MR) is 97.7 cm³/mol. The van der Waals surface area contributed by atoms with Gasteiger partial charge in [0.25, 0.3) is 15.9 Å². The van der Waals surface area contributed by atoms with Gasteiger partial charge < -0.3 is 9.84 Å². The molecule has 0 spiro atoms. The van der Waals surface area contributed by atoms with E-state index < -0.39 is 21.7 Å². The molecule has 1 aromatic heterocycles. The van der Waals surface area contributed by atoms with Crippen LogP contribution in [0.15, 0.2) is 71.8 Å². The van der Waals surface area contributed by atoms with Crippen molar-refractivity contribution in [3.05, 3.63) is 83.9 Å². The fraction of sp³-hybridized carbons (Fsp3) is 0.0526. The number of ether oxygens (including phenoxy) is 1. The van der Waals surface area contributed by atoms with Crippen molar-refractivity contribution in [3.63, 3.8) is 0 Å². The number of nitrogens with zero attached hydrogens (tertiary/aromatic N) is 1. The van der Waals surface area contributed by atoms with Crippen LogP contribution < -0.4 is 9.46 Å². The summed E-state index contributed by atoms with van der Waals surface area (Å²) in [6.45, 7) is -0.285. The summed E-state index contributed by atoms with van der Waals surface area (Å²) in [6.07, 6.45) is 1.18. The lowest BCUT2D eigenvalue weighted by molar-refractivity contribution is 0.0981. The Bertz CT molecular complexity index is 1070. The fourth-order valence-electron chi connectivity index (χ4n) is 2.22. The highest BCUT2D eigenvalue weighted by Gasteiger charge is 2.19. The Morgan fingerprint density at radius 3 is 2.14 bits per heavy atom. The quantitative estimate of drug-likeness (QED) is 0.657. The second kappa shape index (κ2) is 8.15. The Labute approximate surface area is 160 Å². The van der Waals surface area contributed by atoms with Gasteiger partial charge in [0.05, 0.1) is 22.8 Å². The molecule has 0 saturated heterocycles. The maximum absolute atomic E-state index is 12.9. The van der Waals surface area contributed by atoms with E-state index in [1.165, 1.54) is 66.9 Å². The number of nitrogens with one attached hydrogen (secondary N) is 1. The molecule has 0 fully saturated rings. The smallest absolute Gasteiger partial charge is 0.266 e. The number of hydrogen-bond acceptors (Lipinski definition) is 6. The number of halogens is 1. The summed E-state index contributed by atoms with van der Waals surface area (Å²) in [7, 11) is -4.10. The predicted octanol–water partition coefficient (Wildman–Crippen LogP) is 2.62. The number of hydrogen-bond donors (Lipinski definition) is 2. The summed E-state index contributed by atoms with van der Waals surface area (Å²) in [5.41, 5.74) is 0.396. The maximum Gasteiger partial charge on any atom is 0.266 e. The lowest BCUT2D eigenvalue weighted by atomic mass is 10.2. The highest BCUT2D eigenvalue weighted by Crippen LogP contribution is 2.23.